The quantitative estimate of drug-likeness (QED) is 0.689. The summed E-state index contributed by atoms with van der Waals surface area (Å²) < 4.78 is 25.2. The SMILES string of the molecule is CCCn1c(S[C@@H](C)C(=O)N[C@@H]2CCS(=O)(=O)C2)nnc1-c1cccc(C)c1. The van der Waals surface area contributed by atoms with Crippen LogP contribution in [0, 0.1) is 6.92 Å². The molecular formula is C19H26N4O3S2. The van der Waals surface area contributed by atoms with Gasteiger partial charge in [-0.05, 0) is 32.8 Å². The number of thioether (sulfide) groups is 1. The molecule has 1 aromatic heterocycles. The molecule has 0 unspecified atom stereocenters. The molecule has 152 valence electrons. The monoisotopic (exact) mass is 422 g/mol. The predicted octanol–water partition coefficient (Wildman–Crippen LogP) is 2.45. The molecular weight excluding hydrogens is 396 g/mol. The van der Waals surface area contributed by atoms with Gasteiger partial charge in [0.2, 0.25) is 5.91 Å². The Morgan fingerprint density at radius 1 is 1.39 bits per heavy atom. The third-order valence-electron chi connectivity index (χ3n) is 4.67. The maximum Gasteiger partial charge on any atom is 0.233 e. The molecule has 2 heterocycles. The summed E-state index contributed by atoms with van der Waals surface area (Å²) in [6, 6.07) is 7.82. The fourth-order valence-electron chi connectivity index (χ4n) is 3.24. The molecule has 0 spiro atoms. The molecule has 1 N–H and O–H groups in total. The number of carbonyl (C=O) groups excluding carboxylic acids is 1. The van der Waals surface area contributed by atoms with Gasteiger partial charge in [0.1, 0.15) is 0 Å². The summed E-state index contributed by atoms with van der Waals surface area (Å²) in [6.45, 7) is 6.69. The molecule has 28 heavy (non-hydrogen) atoms. The number of nitrogens with one attached hydrogen (secondary N) is 1. The number of carbonyl (C=O) groups is 1. The lowest BCUT2D eigenvalue weighted by Gasteiger charge is -2.16. The first-order valence-corrected chi connectivity index (χ1v) is 12.2. The van der Waals surface area contributed by atoms with Gasteiger partial charge in [0, 0.05) is 18.2 Å². The maximum atomic E-state index is 12.5. The Morgan fingerprint density at radius 2 is 2.18 bits per heavy atom. The van der Waals surface area contributed by atoms with Crippen LogP contribution in [0.5, 0.6) is 0 Å². The highest BCUT2D eigenvalue weighted by molar-refractivity contribution is 8.00. The third kappa shape index (κ3) is 4.94. The highest BCUT2D eigenvalue weighted by atomic mass is 32.2. The summed E-state index contributed by atoms with van der Waals surface area (Å²) in [6.07, 6.45) is 1.40. The molecule has 9 heteroatoms. The van der Waals surface area contributed by atoms with Gasteiger partial charge >= 0.3 is 0 Å². The van der Waals surface area contributed by atoms with Crippen LogP contribution in [0.2, 0.25) is 0 Å². The number of rotatable bonds is 7. The first-order valence-electron chi connectivity index (χ1n) is 9.46. The highest BCUT2D eigenvalue weighted by Gasteiger charge is 2.30. The Kier molecular flexibility index (Phi) is 6.44. The lowest BCUT2D eigenvalue weighted by Crippen LogP contribution is -2.40. The largest absolute Gasteiger partial charge is 0.351 e. The molecule has 7 nitrogen and oxygen atoms in total. The number of aromatic nitrogens is 3. The molecule has 1 aliphatic rings. The summed E-state index contributed by atoms with van der Waals surface area (Å²) >= 11 is 1.35. The Hall–Kier alpha value is -1.87. The topological polar surface area (TPSA) is 94.0 Å². The first-order chi connectivity index (χ1) is 13.3. The minimum atomic E-state index is -3.02. The third-order valence-corrected chi connectivity index (χ3v) is 7.52. The van der Waals surface area contributed by atoms with E-state index in [1.165, 1.54) is 11.8 Å². The highest BCUT2D eigenvalue weighted by Crippen LogP contribution is 2.28. The lowest BCUT2D eigenvalue weighted by atomic mass is 10.1. The van der Waals surface area contributed by atoms with Crippen molar-refractivity contribution in [1.29, 1.82) is 0 Å². The number of hydrogen-bond acceptors (Lipinski definition) is 6. The first kappa shape index (κ1) is 20.9. The van der Waals surface area contributed by atoms with E-state index in [2.05, 4.69) is 28.5 Å². The Bertz CT molecular complexity index is 956. The van der Waals surface area contributed by atoms with E-state index in [9.17, 15) is 13.2 Å². The molecule has 0 aliphatic carbocycles. The molecule has 2 aromatic rings. The molecule has 1 fully saturated rings. The summed E-state index contributed by atoms with van der Waals surface area (Å²) in [4.78, 5) is 12.5. The smallest absolute Gasteiger partial charge is 0.233 e. The zero-order valence-electron chi connectivity index (χ0n) is 16.4. The van der Waals surface area contributed by atoms with Crippen LogP contribution in [0.3, 0.4) is 0 Å². The van der Waals surface area contributed by atoms with E-state index in [0.29, 0.717) is 11.6 Å². The van der Waals surface area contributed by atoms with Gasteiger partial charge in [0.05, 0.1) is 16.8 Å². The van der Waals surface area contributed by atoms with Crippen LogP contribution in [0.4, 0.5) is 0 Å². The Morgan fingerprint density at radius 3 is 2.82 bits per heavy atom. The van der Waals surface area contributed by atoms with Crippen LogP contribution in [0.25, 0.3) is 11.4 Å². The van der Waals surface area contributed by atoms with Gasteiger partial charge < -0.3 is 9.88 Å². The van der Waals surface area contributed by atoms with Crippen molar-refractivity contribution in [2.75, 3.05) is 11.5 Å². The lowest BCUT2D eigenvalue weighted by molar-refractivity contribution is -0.120. The van der Waals surface area contributed by atoms with Gasteiger partial charge in [0.25, 0.3) is 0 Å². The van der Waals surface area contributed by atoms with Gasteiger partial charge in [-0.25, -0.2) is 8.42 Å². The van der Waals surface area contributed by atoms with Gasteiger partial charge in [-0.3, -0.25) is 4.79 Å². The van der Waals surface area contributed by atoms with E-state index >= 15 is 0 Å². The minimum Gasteiger partial charge on any atom is -0.351 e. The van der Waals surface area contributed by atoms with E-state index in [1.54, 1.807) is 6.92 Å². The molecule has 1 aromatic carbocycles. The number of benzene rings is 1. The summed E-state index contributed by atoms with van der Waals surface area (Å²) in [7, 11) is -3.02. The number of aryl methyl sites for hydroxylation is 1. The molecule has 2 atom stereocenters. The second kappa shape index (κ2) is 8.65. The van der Waals surface area contributed by atoms with Crippen molar-refractivity contribution in [2.24, 2.45) is 0 Å². The van der Waals surface area contributed by atoms with E-state index in [0.717, 1.165) is 29.9 Å². The zero-order valence-corrected chi connectivity index (χ0v) is 18.0. The van der Waals surface area contributed by atoms with E-state index in [-0.39, 0.29) is 23.5 Å². The van der Waals surface area contributed by atoms with Crippen molar-refractivity contribution in [1.82, 2.24) is 20.1 Å². The second-order valence-corrected chi connectivity index (χ2v) is 10.7. The van der Waals surface area contributed by atoms with Crippen molar-refractivity contribution in [2.45, 2.75) is 56.6 Å². The van der Waals surface area contributed by atoms with Gasteiger partial charge in [-0.2, -0.15) is 0 Å². The fraction of sp³-hybridized carbons (Fsp3) is 0.526. The summed E-state index contributed by atoms with van der Waals surface area (Å²) in [5, 5.41) is 11.8. The maximum absolute atomic E-state index is 12.5. The standard InChI is InChI=1S/C19H26N4O3S2/c1-4-9-23-17(15-7-5-6-13(2)11-15)21-22-19(23)27-14(3)18(24)20-16-8-10-28(25,26)12-16/h5-7,11,14,16H,4,8-10,12H2,1-3H3,(H,20,24)/t14-,16+/m0/s1. The molecule has 3 rings (SSSR count). The van der Waals surface area contributed by atoms with Gasteiger partial charge in [-0.15, -0.1) is 10.2 Å². The van der Waals surface area contributed by atoms with Crippen LogP contribution in [0.15, 0.2) is 29.4 Å². The average molecular weight is 423 g/mol. The van der Waals surface area contributed by atoms with Crippen molar-refractivity contribution in [3.05, 3.63) is 29.8 Å². The molecule has 1 amide bonds. The molecule has 0 bridgehead atoms. The Balaban J connectivity index is 1.73. The van der Waals surface area contributed by atoms with Crippen LogP contribution in [0.1, 0.15) is 32.3 Å². The number of sulfone groups is 1. The molecule has 1 aliphatic heterocycles. The van der Waals surface area contributed by atoms with Crippen LogP contribution < -0.4 is 5.32 Å². The fourth-order valence-corrected chi connectivity index (χ4v) is 5.80. The number of amides is 1. The second-order valence-electron chi connectivity index (χ2n) is 7.20. The van der Waals surface area contributed by atoms with Crippen LogP contribution in [-0.4, -0.2) is 51.9 Å². The predicted molar refractivity (Wildman–Crippen MR) is 111 cm³/mol. The Labute approximate surface area is 170 Å². The van der Waals surface area contributed by atoms with Crippen molar-refractivity contribution in [3.63, 3.8) is 0 Å². The summed E-state index contributed by atoms with van der Waals surface area (Å²) in [5.41, 5.74) is 2.15. The normalized spacial score (nSPS) is 19.5. The zero-order chi connectivity index (χ0) is 20.3. The molecule has 0 saturated carbocycles. The average Bonchev–Trinajstić information content (AvgIpc) is 3.18. The summed E-state index contributed by atoms with van der Waals surface area (Å²) in [5.74, 6) is 0.793. The van der Waals surface area contributed by atoms with E-state index < -0.39 is 15.1 Å². The minimum absolute atomic E-state index is 0.0274. The van der Waals surface area contributed by atoms with Gasteiger partial charge in [0.15, 0.2) is 20.8 Å². The van der Waals surface area contributed by atoms with Crippen molar-refractivity contribution < 1.29 is 13.2 Å². The van der Waals surface area contributed by atoms with E-state index in [4.69, 9.17) is 0 Å². The van der Waals surface area contributed by atoms with E-state index in [1.807, 2.05) is 29.7 Å². The van der Waals surface area contributed by atoms with Crippen molar-refractivity contribution in [3.8, 4) is 11.4 Å². The molecule has 1 saturated heterocycles. The van der Waals surface area contributed by atoms with Crippen molar-refractivity contribution >= 4 is 27.5 Å². The number of nitrogens with zero attached hydrogens (tertiary/aromatic N) is 3. The van der Waals surface area contributed by atoms with Crippen LogP contribution >= 0.6 is 11.8 Å². The number of hydrogen-bond donors (Lipinski definition) is 1. The molecule has 0 radical (unpaired) electrons. The van der Waals surface area contributed by atoms with Crippen LogP contribution in [-0.2, 0) is 21.2 Å². The van der Waals surface area contributed by atoms with Gasteiger partial charge in [-0.1, -0.05) is 42.4 Å².